The molecule has 0 radical (unpaired) electrons. The molecule has 2 heteroatoms. The van der Waals surface area contributed by atoms with Crippen LogP contribution in [0.1, 0.15) is 71.6 Å². The monoisotopic (exact) mass is 268 g/mol. The first-order valence-electron chi connectivity index (χ1n) is 8.37. The van der Waals surface area contributed by atoms with Crippen molar-refractivity contribution in [2.24, 2.45) is 5.92 Å². The highest BCUT2D eigenvalue weighted by Crippen LogP contribution is 2.35. The first kappa shape index (κ1) is 17.0. The highest BCUT2D eigenvalue weighted by molar-refractivity contribution is 4.99. The van der Waals surface area contributed by atoms with Crippen molar-refractivity contribution in [2.75, 3.05) is 21.1 Å². The van der Waals surface area contributed by atoms with E-state index in [0.29, 0.717) is 11.6 Å². The third-order valence-corrected chi connectivity index (χ3v) is 5.13. The number of nitrogens with zero attached hydrogens (tertiary/aromatic N) is 1. The Morgan fingerprint density at radius 3 is 2.00 bits per heavy atom. The minimum atomic E-state index is 0.391. The molecule has 0 aromatic heterocycles. The Balaban J connectivity index is 2.69. The van der Waals surface area contributed by atoms with Gasteiger partial charge in [0.1, 0.15) is 0 Å². The Labute approximate surface area is 121 Å². The first-order valence-corrected chi connectivity index (χ1v) is 8.37. The molecule has 0 heterocycles. The van der Waals surface area contributed by atoms with Crippen molar-refractivity contribution in [3.63, 3.8) is 0 Å². The largest absolute Gasteiger partial charge is 0.315 e. The third-order valence-electron chi connectivity index (χ3n) is 5.13. The molecule has 0 bridgehead atoms. The Bertz CT molecular complexity index is 227. The van der Waals surface area contributed by atoms with Crippen molar-refractivity contribution in [3.05, 3.63) is 0 Å². The number of hydrogen-bond donors (Lipinski definition) is 1. The quantitative estimate of drug-likeness (QED) is 0.701. The molecule has 2 nitrogen and oxygen atoms in total. The fraction of sp³-hybridized carbons (Fsp3) is 1.00. The SMILES string of the molecule is CNC(CCCC(C)C)C1(N(C)C)CCCCCC1. The van der Waals surface area contributed by atoms with Crippen LogP contribution in [0.25, 0.3) is 0 Å². The highest BCUT2D eigenvalue weighted by atomic mass is 15.2. The molecule has 1 fully saturated rings. The van der Waals surface area contributed by atoms with Gasteiger partial charge in [-0.3, -0.25) is 0 Å². The average molecular weight is 268 g/mol. The van der Waals surface area contributed by atoms with Gasteiger partial charge in [-0.05, 0) is 46.3 Å². The van der Waals surface area contributed by atoms with E-state index < -0.39 is 0 Å². The van der Waals surface area contributed by atoms with Crippen molar-refractivity contribution in [3.8, 4) is 0 Å². The highest BCUT2D eigenvalue weighted by Gasteiger charge is 2.39. The van der Waals surface area contributed by atoms with Gasteiger partial charge in [0.25, 0.3) is 0 Å². The normalized spacial score (nSPS) is 21.6. The van der Waals surface area contributed by atoms with E-state index in [1.807, 2.05) is 0 Å². The molecule has 1 atom stereocenters. The molecule has 114 valence electrons. The molecular formula is C17H36N2. The lowest BCUT2D eigenvalue weighted by Gasteiger charge is -2.46. The topological polar surface area (TPSA) is 15.3 Å². The van der Waals surface area contributed by atoms with Crippen LogP contribution in [0.4, 0.5) is 0 Å². The number of likely N-dealkylation sites (N-methyl/N-ethyl adjacent to an activating group) is 2. The van der Waals surface area contributed by atoms with Gasteiger partial charge in [-0.25, -0.2) is 0 Å². The summed E-state index contributed by atoms with van der Waals surface area (Å²) in [5.74, 6) is 0.835. The molecule has 0 spiro atoms. The van der Waals surface area contributed by atoms with Crippen LogP contribution < -0.4 is 5.32 Å². The van der Waals surface area contributed by atoms with Gasteiger partial charge in [0, 0.05) is 11.6 Å². The fourth-order valence-electron chi connectivity index (χ4n) is 3.86. The number of nitrogens with one attached hydrogen (secondary N) is 1. The second kappa shape index (κ2) is 8.26. The molecular weight excluding hydrogens is 232 g/mol. The fourth-order valence-corrected chi connectivity index (χ4v) is 3.86. The molecule has 19 heavy (non-hydrogen) atoms. The lowest BCUT2D eigenvalue weighted by Crippen LogP contribution is -2.58. The van der Waals surface area contributed by atoms with Crippen LogP contribution in [0, 0.1) is 5.92 Å². The predicted octanol–water partition coefficient (Wildman–Crippen LogP) is 4.06. The maximum absolute atomic E-state index is 3.65. The lowest BCUT2D eigenvalue weighted by atomic mass is 9.79. The van der Waals surface area contributed by atoms with Crippen LogP contribution in [0.15, 0.2) is 0 Å². The van der Waals surface area contributed by atoms with Crippen LogP contribution in [0.2, 0.25) is 0 Å². The maximum atomic E-state index is 3.65. The van der Waals surface area contributed by atoms with Crippen LogP contribution in [-0.2, 0) is 0 Å². The average Bonchev–Trinajstić information content (AvgIpc) is 2.61. The standard InChI is InChI=1S/C17H36N2/c1-15(2)11-10-12-16(18-3)17(19(4)5)13-8-6-7-9-14-17/h15-16,18H,6-14H2,1-5H3. The van der Waals surface area contributed by atoms with E-state index in [0.717, 1.165) is 5.92 Å². The Morgan fingerprint density at radius 2 is 1.58 bits per heavy atom. The maximum Gasteiger partial charge on any atom is 0.0356 e. The molecule has 0 amide bonds. The van der Waals surface area contributed by atoms with Crippen LogP contribution in [0.5, 0.6) is 0 Å². The minimum absolute atomic E-state index is 0.391. The van der Waals surface area contributed by atoms with E-state index in [1.54, 1.807) is 0 Å². The molecule has 0 saturated heterocycles. The molecule has 0 aromatic carbocycles. The summed E-state index contributed by atoms with van der Waals surface area (Å²) < 4.78 is 0. The van der Waals surface area contributed by atoms with Gasteiger partial charge < -0.3 is 10.2 Å². The molecule has 1 unspecified atom stereocenters. The number of hydrogen-bond acceptors (Lipinski definition) is 2. The summed E-state index contributed by atoms with van der Waals surface area (Å²) >= 11 is 0. The molecule has 1 rings (SSSR count). The molecule has 1 aliphatic carbocycles. The van der Waals surface area contributed by atoms with Gasteiger partial charge in [0.2, 0.25) is 0 Å². The van der Waals surface area contributed by atoms with E-state index in [4.69, 9.17) is 0 Å². The molecule has 1 aliphatic rings. The summed E-state index contributed by atoms with van der Waals surface area (Å²) in [5.41, 5.74) is 0.391. The zero-order valence-corrected chi connectivity index (χ0v) is 14.0. The summed E-state index contributed by atoms with van der Waals surface area (Å²) in [4.78, 5) is 2.52. The van der Waals surface area contributed by atoms with E-state index in [-0.39, 0.29) is 0 Å². The van der Waals surface area contributed by atoms with Crippen molar-refractivity contribution < 1.29 is 0 Å². The van der Waals surface area contributed by atoms with E-state index >= 15 is 0 Å². The summed E-state index contributed by atoms with van der Waals surface area (Å²) in [5, 5.41) is 3.65. The van der Waals surface area contributed by atoms with Gasteiger partial charge >= 0.3 is 0 Å². The second-order valence-corrected chi connectivity index (χ2v) is 7.08. The zero-order chi connectivity index (χ0) is 14.3. The first-order chi connectivity index (χ1) is 9.03. The summed E-state index contributed by atoms with van der Waals surface area (Å²) in [6.45, 7) is 4.67. The Hall–Kier alpha value is -0.0800. The summed E-state index contributed by atoms with van der Waals surface area (Å²) in [7, 11) is 6.74. The lowest BCUT2D eigenvalue weighted by molar-refractivity contribution is 0.0781. The van der Waals surface area contributed by atoms with Crippen LogP contribution in [0.3, 0.4) is 0 Å². The van der Waals surface area contributed by atoms with E-state index in [1.165, 1.54) is 57.8 Å². The zero-order valence-electron chi connectivity index (χ0n) is 14.0. The van der Waals surface area contributed by atoms with Crippen LogP contribution in [-0.4, -0.2) is 37.6 Å². The number of rotatable bonds is 7. The van der Waals surface area contributed by atoms with Crippen molar-refractivity contribution >= 4 is 0 Å². The third kappa shape index (κ3) is 4.75. The molecule has 1 saturated carbocycles. The molecule has 0 aliphatic heterocycles. The van der Waals surface area contributed by atoms with Gasteiger partial charge in [0.05, 0.1) is 0 Å². The van der Waals surface area contributed by atoms with Crippen molar-refractivity contribution in [1.29, 1.82) is 0 Å². The Kier molecular flexibility index (Phi) is 7.38. The van der Waals surface area contributed by atoms with Gasteiger partial charge in [-0.1, -0.05) is 52.4 Å². The van der Waals surface area contributed by atoms with E-state index in [9.17, 15) is 0 Å². The van der Waals surface area contributed by atoms with Gasteiger partial charge in [0.15, 0.2) is 0 Å². The Morgan fingerprint density at radius 1 is 1.00 bits per heavy atom. The smallest absolute Gasteiger partial charge is 0.0356 e. The molecule has 0 aromatic rings. The minimum Gasteiger partial charge on any atom is -0.315 e. The van der Waals surface area contributed by atoms with Gasteiger partial charge in [-0.2, -0.15) is 0 Å². The van der Waals surface area contributed by atoms with Crippen molar-refractivity contribution in [2.45, 2.75) is 83.2 Å². The second-order valence-electron chi connectivity index (χ2n) is 7.08. The van der Waals surface area contributed by atoms with Crippen LogP contribution >= 0.6 is 0 Å². The predicted molar refractivity (Wildman–Crippen MR) is 85.7 cm³/mol. The summed E-state index contributed by atoms with van der Waals surface area (Å²) in [6, 6.07) is 0.652. The summed E-state index contributed by atoms with van der Waals surface area (Å²) in [6.07, 6.45) is 12.4. The van der Waals surface area contributed by atoms with Gasteiger partial charge in [-0.15, -0.1) is 0 Å². The van der Waals surface area contributed by atoms with E-state index in [2.05, 4.69) is 45.2 Å². The molecule has 1 N–H and O–H groups in total. The van der Waals surface area contributed by atoms with Crippen molar-refractivity contribution in [1.82, 2.24) is 10.2 Å².